The fourth-order valence-electron chi connectivity index (χ4n) is 2.17. The molecule has 0 aromatic rings. The van der Waals surface area contributed by atoms with Crippen LogP contribution in [0.5, 0.6) is 0 Å². The average Bonchev–Trinajstić information content (AvgIpc) is 2.28. The molecular weight excluding hydrogens is 148 g/mol. The molecule has 0 spiro atoms. The Kier molecular flexibility index (Phi) is 3.13. The van der Waals surface area contributed by atoms with Crippen molar-refractivity contribution in [2.24, 2.45) is 0 Å². The zero-order valence-electron chi connectivity index (χ0n) is 8.85. The first-order valence-corrected chi connectivity index (χ1v) is 5.02. The number of nitrogens with one attached hydrogen (secondary N) is 1. The van der Waals surface area contributed by atoms with Crippen LogP contribution in [0.2, 0.25) is 0 Å². The Morgan fingerprint density at radius 1 is 1.50 bits per heavy atom. The molecule has 1 aliphatic rings. The summed E-state index contributed by atoms with van der Waals surface area (Å²) in [5, 5.41) is 3.37. The maximum atomic E-state index is 3.37. The van der Waals surface area contributed by atoms with Gasteiger partial charge in [0.15, 0.2) is 0 Å². The summed E-state index contributed by atoms with van der Waals surface area (Å²) >= 11 is 0. The van der Waals surface area contributed by atoms with E-state index in [1.165, 1.54) is 25.9 Å². The highest BCUT2D eigenvalue weighted by Crippen LogP contribution is 2.28. The molecule has 0 aliphatic carbocycles. The third kappa shape index (κ3) is 1.99. The molecule has 12 heavy (non-hydrogen) atoms. The summed E-state index contributed by atoms with van der Waals surface area (Å²) in [5.74, 6) is 0. The predicted octanol–water partition coefficient (Wildman–Crippen LogP) is 1.47. The summed E-state index contributed by atoms with van der Waals surface area (Å²) in [6, 6.07) is 0.701. The number of hydrogen-bond acceptors (Lipinski definition) is 2. The molecule has 0 aromatic heterocycles. The van der Waals surface area contributed by atoms with Crippen molar-refractivity contribution >= 4 is 0 Å². The molecule has 1 N–H and O–H groups in total. The summed E-state index contributed by atoms with van der Waals surface area (Å²) < 4.78 is 0. The Hall–Kier alpha value is -0.0800. The molecule has 0 radical (unpaired) electrons. The summed E-state index contributed by atoms with van der Waals surface area (Å²) in [5.41, 5.74) is 0.406. The van der Waals surface area contributed by atoms with Crippen molar-refractivity contribution in [1.82, 2.24) is 10.2 Å². The van der Waals surface area contributed by atoms with Crippen LogP contribution in [0.1, 0.15) is 33.6 Å². The maximum Gasteiger partial charge on any atom is 0.0209 e. The lowest BCUT2D eigenvalue weighted by Crippen LogP contribution is -2.38. The molecule has 0 saturated carbocycles. The Labute approximate surface area is 76.3 Å². The van der Waals surface area contributed by atoms with Crippen molar-refractivity contribution in [2.75, 3.05) is 20.1 Å². The fraction of sp³-hybridized carbons (Fsp3) is 1.00. The normalized spacial score (nSPS) is 29.5. The van der Waals surface area contributed by atoms with Gasteiger partial charge in [-0.05, 0) is 40.3 Å². The van der Waals surface area contributed by atoms with Crippen LogP contribution in [0.15, 0.2) is 0 Å². The van der Waals surface area contributed by atoms with Crippen molar-refractivity contribution in [2.45, 2.75) is 45.2 Å². The standard InChI is InChI=1S/C10H22N2/c1-5-6-12-8-9(11-4)7-10(12,2)3/h9,11H,5-8H2,1-4H3. The second-order valence-electron chi connectivity index (χ2n) is 4.45. The molecule has 0 aromatic carbocycles. The highest BCUT2D eigenvalue weighted by Gasteiger charge is 2.36. The molecule has 1 saturated heterocycles. The first-order valence-electron chi connectivity index (χ1n) is 5.02. The molecule has 2 nitrogen and oxygen atoms in total. The Morgan fingerprint density at radius 2 is 2.17 bits per heavy atom. The van der Waals surface area contributed by atoms with Crippen molar-refractivity contribution in [1.29, 1.82) is 0 Å². The van der Waals surface area contributed by atoms with Crippen LogP contribution in [0.3, 0.4) is 0 Å². The van der Waals surface area contributed by atoms with Gasteiger partial charge in [0, 0.05) is 18.1 Å². The van der Waals surface area contributed by atoms with Gasteiger partial charge in [0.05, 0.1) is 0 Å². The van der Waals surface area contributed by atoms with Gasteiger partial charge in [-0.1, -0.05) is 6.92 Å². The minimum absolute atomic E-state index is 0.406. The van der Waals surface area contributed by atoms with E-state index in [1.807, 2.05) is 0 Å². The van der Waals surface area contributed by atoms with E-state index < -0.39 is 0 Å². The molecule has 0 amide bonds. The van der Waals surface area contributed by atoms with Gasteiger partial charge >= 0.3 is 0 Å². The quantitative estimate of drug-likeness (QED) is 0.690. The zero-order chi connectivity index (χ0) is 9.19. The van der Waals surface area contributed by atoms with E-state index in [2.05, 4.69) is 38.0 Å². The van der Waals surface area contributed by atoms with Crippen LogP contribution < -0.4 is 5.32 Å². The monoisotopic (exact) mass is 170 g/mol. The third-order valence-corrected chi connectivity index (χ3v) is 2.94. The molecule has 1 heterocycles. The van der Waals surface area contributed by atoms with Gasteiger partial charge in [0.2, 0.25) is 0 Å². The molecule has 0 bridgehead atoms. The molecule has 1 aliphatic heterocycles. The first-order chi connectivity index (χ1) is 5.60. The molecule has 1 atom stereocenters. The smallest absolute Gasteiger partial charge is 0.0209 e. The van der Waals surface area contributed by atoms with E-state index >= 15 is 0 Å². The Bertz CT molecular complexity index is 143. The average molecular weight is 170 g/mol. The lowest BCUT2D eigenvalue weighted by molar-refractivity contribution is 0.175. The van der Waals surface area contributed by atoms with Crippen LogP contribution in [-0.4, -0.2) is 36.6 Å². The molecule has 1 rings (SSSR count). The highest BCUT2D eigenvalue weighted by molar-refractivity contribution is 4.95. The largest absolute Gasteiger partial charge is 0.316 e. The number of likely N-dealkylation sites (N-methyl/N-ethyl adjacent to an activating group) is 1. The van der Waals surface area contributed by atoms with Gasteiger partial charge in [0.25, 0.3) is 0 Å². The Balaban J connectivity index is 2.51. The molecule has 2 heteroatoms. The van der Waals surface area contributed by atoms with E-state index in [0.29, 0.717) is 11.6 Å². The van der Waals surface area contributed by atoms with Crippen LogP contribution in [-0.2, 0) is 0 Å². The van der Waals surface area contributed by atoms with Gasteiger partial charge in [-0.2, -0.15) is 0 Å². The fourth-order valence-corrected chi connectivity index (χ4v) is 2.17. The highest BCUT2D eigenvalue weighted by atomic mass is 15.2. The second kappa shape index (κ2) is 3.75. The first kappa shape index (κ1) is 10.0. The zero-order valence-corrected chi connectivity index (χ0v) is 8.85. The lowest BCUT2D eigenvalue weighted by atomic mass is 10.0. The SMILES string of the molecule is CCCN1CC(NC)CC1(C)C. The van der Waals surface area contributed by atoms with Gasteiger partial charge in [-0.25, -0.2) is 0 Å². The van der Waals surface area contributed by atoms with Crippen molar-refractivity contribution in [3.8, 4) is 0 Å². The van der Waals surface area contributed by atoms with Crippen molar-refractivity contribution in [3.63, 3.8) is 0 Å². The number of rotatable bonds is 3. The van der Waals surface area contributed by atoms with E-state index in [-0.39, 0.29) is 0 Å². The summed E-state index contributed by atoms with van der Waals surface area (Å²) in [7, 11) is 2.07. The van der Waals surface area contributed by atoms with Crippen molar-refractivity contribution in [3.05, 3.63) is 0 Å². The van der Waals surface area contributed by atoms with Gasteiger partial charge < -0.3 is 5.32 Å². The summed E-state index contributed by atoms with van der Waals surface area (Å²) in [6.07, 6.45) is 2.55. The van der Waals surface area contributed by atoms with Crippen LogP contribution in [0, 0.1) is 0 Å². The lowest BCUT2D eigenvalue weighted by Gasteiger charge is -2.30. The van der Waals surface area contributed by atoms with Gasteiger partial charge in [0.1, 0.15) is 0 Å². The predicted molar refractivity (Wildman–Crippen MR) is 53.4 cm³/mol. The van der Waals surface area contributed by atoms with E-state index in [9.17, 15) is 0 Å². The van der Waals surface area contributed by atoms with E-state index in [1.54, 1.807) is 0 Å². The van der Waals surface area contributed by atoms with E-state index in [4.69, 9.17) is 0 Å². The van der Waals surface area contributed by atoms with Gasteiger partial charge in [-0.15, -0.1) is 0 Å². The Morgan fingerprint density at radius 3 is 2.58 bits per heavy atom. The number of nitrogens with zero attached hydrogens (tertiary/aromatic N) is 1. The molecular formula is C10H22N2. The van der Waals surface area contributed by atoms with Crippen LogP contribution in [0.4, 0.5) is 0 Å². The molecule has 1 unspecified atom stereocenters. The van der Waals surface area contributed by atoms with Crippen LogP contribution >= 0.6 is 0 Å². The minimum atomic E-state index is 0.406. The van der Waals surface area contributed by atoms with Gasteiger partial charge in [-0.3, -0.25) is 4.90 Å². The number of hydrogen-bond donors (Lipinski definition) is 1. The third-order valence-electron chi connectivity index (χ3n) is 2.94. The second-order valence-corrected chi connectivity index (χ2v) is 4.45. The number of likely N-dealkylation sites (tertiary alicyclic amines) is 1. The minimum Gasteiger partial charge on any atom is -0.316 e. The maximum absolute atomic E-state index is 3.37. The summed E-state index contributed by atoms with van der Waals surface area (Å²) in [4.78, 5) is 2.59. The van der Waals surface area contributed by atoms with Crippen molar-refractivity contribution < 1.29 is 0 Å². The molecule has 1 fully saturated rings. The molecule has 72 valence electrons. The topological polar surface area (TPSA) is 15.3 Å². The summed E-state index contributed by atoms with van der Waals surface area (Å²) in [6.45, 7) is 9.41. The van der Waals surface area contributed by atoms with Crippen LogP contribution in [0.25, 0.3) is 0 Å². The van der Waals surface area contributed by atoms with E-state index in [0.717, 1.165) is 0 Å².